The van der Waals surface area contributed by atoms with Crippen LogP contribution in [0.25, 0.3) is 0 Å². The van der Waals surface area contributed by atoms with E-state index in [9.17, 15) is 4.79 Å². The zero-order valence-electron chi connectivity index (χ0n) is 17.1. The van der Waals surface area contributed by atoms with Gasteiger partial charge in [0.15, 0.2) is 0 Å². The Morgan fingerprint density at radius 3 is 2.58 bits per heavy atom. The van der Waals surface area contributed by atoms with Crippen LogP contribution in [0.1, 0.15) is 12.8 Å². The maximum atomic E-state index is 10.5. The molecule has 2 heterocycles. The van der Waals surface area contributed by atoms with E-state index in [1.165, 1.54) is 6.08 Å². The van der Waals surface area contributed by atoms with E-state index < -0.39 is 0 Å². The summed E-state index contributed by atoms with van der Waals surface area (Å²) in [6.07, 6.45) is 7.85. The Kier molecular flexibility index (Phi) is 6.74. The zero-order chi connectivity index (χ0) is 21.3. The molecule has 1 aliphatic heterocycles. The minimum Gasteiger partial charge on any atom is -0.457 e. The Bertz CT molecular complexity index is 1010. The first-order chi connectivity index (χ1) is 15.3. The van der Waals surface area contributed by atoms with Gasteiger partial charge in [-0.05, 0) is 55.3 Å². The van der Waals surface area contributed by atoms with E-state index in [4.69, 9.17) is 4.74 Å². The molecule has 7 heteroatoms. The molecule has 0 saturated carbocycles. The third-order valence-corrected chi connectivity index (χ3v) is 4.95. The standard InChI is InChI=1S/C24H25N5O2/c30-15-5-14-29-13-4-6-20(17-29)28-24-16-23(25-18-26-24)27-19-9-11-22(12-10-19)31-21-7-2-1-3-8-21/h1-3,5,7-12,14-16,18,20H,4,6,13,17H2,(H2,25,26,27,28). The maximum absolute atomic E-state index is 10.5. The Labute approximate surface area is 181 Å². The molecule has 158 valence electrons. The van der Waals surface area contributed by atoms with E-state index in [1.807, 2.05) is 66.9 Å². The molecule has 1 aromatic heterocycles. The van der Waals surface area contributed by atoms with Gasteiger partial charge in [0, 0.05) is 37.1 Å². The van der Waals surface area contributed by atoms with E-state index >= 15 is 0 Å². The first kappa shape index (κ1) is 20.4. The van der Waals surface area contributed by atoms with Gasteiger partial charge in [0.1, 0.15) is 35.7 Å². The number of aldehydes is 1. The number of carbonyl (C=O) groups is 1. The summed E-state index contributed by atoms with van der Waals surface area (Å²) in [6.45, 7) is 1.79. The van der Waals surface area contributed by atoms with Crippen LogP contribution < -0.4 is 15.4 Å². The Morgan fingerprint density at radius 2 is 1.77 bits per heavy atom. The molecule has 1 unspecified atom stereocenters. The second-order valence-corrected chi connectivity index (χ2v) is 7.31. The number of ether oxygens (including phenoxy) is 1. The summed E-state index contributed by atoms with van der Waals surface area (Å²) in [4.78, 5) is 21.4. The molecule has 0 bridgehead atoms. The molecule has 2 N–H and O–H groups in total. The molecule has 3 aromatic rings. The first-order valence-electron chi connectivity index (χ1n) is 10.3. The quantitative estimate of drug-likeness (QED) is 0.411. The molecule has 1 saturated heterocycles. The van der Waals surface area contributed by atoms with Crippen molar-refractivity contribution < 1.29 is 9.53 Å². The largest absolute Gasteiger partial charge is 0.457 e. The number of nitrogens with zero attached hydrogens (tertiary/aromatic N) is 3. The van der Waals surface area contributed by atoms with E-state index in [2.05, 4.69) is 25.5 Å². The SMILES string of the molecule is O=CC=CN1CCCC(Nc2cc(Nc3ccc(Oc4ccccc4)cc3)ncn2)C1. The molecule has 1 aliphatic rings. The first-order valence-corrected chi connectivity index (χ1v) is 10.3. The summed E-state index contributed by atoms with van der Waals surface area (Å²) < 4.78 is 5.83. The highest BCUT2D eigenvalue weighted by Gasteiger charge is 2.18. The highest BCUT2D eigenvalue weighted by atomic mass is 16.5. The number of nitrogens with one attached hydrogen (secondary N) is 2. The lowest BCUT2D eigenvalue weighted by Crippen LogP contribution is -2.39. The van der Waals surface area contributed by atoms with Crippen molar-refractivity contribution in [3.05, 3.63) is 79.3 Å². The predicted octanol–water partition coefficient (Wildman–Crippen LogP) is 4.60. The van der Waals surface area contributed by atoms with Crippen molar-refractivity contribution in [3.63, 3.8) is 0 Å². The van der Waals surface area contributed by atoms with Crippen LogP contribution in [0, 0.1) is 0 Å². The number of para-hydroxylation sites is 1. The number of piperidine rings is 1. The van der Waals surface area contributed by atoms with Gasteiger partial charge in [-0.3, -0.25) is 4.79 Å². The fraction of sp³-hybridized carbons (Fsp3) is 0.208. The molecule has 4 rings (SSSR count). The van der Waals surface area contributed by atoms with Gasteiger partial charge in [0.2, 0.25) is 0 Å². The van der Waals surface area contributed by atoms with Crippen molar-refractivity contribution in [2.45, 2.75) is 18.9 Å². The van der Waals surface area contributed by atoms with Gasteiger partial charge < -0.3 is 20.3 Å². The minimum atomic E-state index is 0.266. The summed E-state index contributed by atoms with van der Waals surface area (Å²) in [6, 6.07) is 19.6. The zero-order valence-corrected chi connectivity index (χ0v) is 17.1. The van der Waals surface area contributed by atoms with Crippen LogP contribution in [-0.2, 0) is 4.79 Å². The number of hydrogen-bond donors (Lipinski definition) is 2. The number of hydrogen-bond acceptors (Lipinski definition) is 7. The van der Waals surface area contributed by atoms with Crippen LogP contribution in [0.4, 0.5) is 17.3 Å². The van der Waals surface area contributed by atoms with E-state index in [1.54, 1.807) is 6.33 Å². The van der Waals surface area contributed by atoms with Crippen molar-refractivity contribution in [1.82, 2.24) is 14.9 Å². The number of allylic oxidation sites excluding steroid dienone is 1. The van der Waals surface area contributed by atoms with Crippen molar-refractivity contribution in [1.29, 1.82) is 0 Å². The maximum Gasteiger partial charge on any atom is 0.144 e. The lowest BCUT2D eigenvalue weighted by atomic mass is 10.1. The van der Waals surface area contributed by atoms with E-state index in [-0.39, 0.29) is 6.04 Å². The highest BCUT2D eigenvalue weighted by Crippen LogP contribution is 2.24. The van der Waals surface area contributed by atoms with Crippen LogP contribution in [0.3, 0.4) is 0 Å². The smallest absolute Gasteiger partial charge is 0.144 e. The summed E-state index contributed by atoms with van der Waals surface area (Å²) in [5.74, 6) is 3.06. The summed E-state index contributed by atoms with van der Waals surface area (Å²) in [7, 11) is 0. The molecule has 2 aromatic carbocycles. The number of rotatable bonds is 8. The topological polar surface area (TPSA) is 79.4 Å². The number of likely N-dealkylation sites (tertiary alicyclic amines) is 1. The fourth-order valence-corrected chi connectivity index (χ4v) is 3.51. The van der Waals surface area contributed by atoms with Crippen LogP contribution in [0.15, 0.2) is 79.3 Å². The fourth-order valence-electron chi connectivity index (χ4n) is 3.51. The lowest BCUT2D eigenvalue weighted by Gasteiger charge is -2.32. The molecule has 7 nitrogen and oxygen atoms in total. The van der Waals surface area contributed by atoms with Crippen molar-refractivity contribution >= 4 is 23.6 Å². The average molecular weight is 415 g/mol. The molecule has 1 atom stereocenters. The second-order valence-electron chi connectivity index (χ2n) is 7.31. The van der Waals surface area contributed by atoms with Crippen LogP contribution in [0.2, 0.25) is 0 Å². The third kappa shape index (κ3) is 6.05. The second kappa shape index (κ2) is 10.2. The number of anilines is 3. The molecule has 0 aliphatic carbocycles. The van der Waals surface area contributed by atoms with Gasteiger partial charge in [0.25, 0.3) is 0 Å². The average Bonchev–Trinajstić information content (AvgIpc) is 2.80. The normalized spacial score (nSPS) is 16.1. The monoisotopic (exact) mass is 415 g/mol. The van der Waals surface area contributed by atoms with Crippen LogP contribution in [-0.4, -0.2) is 40.3 Å². The summed E-state index contributed by atoms with van der Waals surface area (Å²) in [5.41, 5.74) is 0.910. The van der Waals surface area contributed by atoms with Gasteiger partial charge >= 0.3 is 0 Å². The third-order valence-electron chi connectivity index (χ3n) is 4.95. The van der Waals surface area contributed by atoms with E-state index in [0.29, 0.717) is 5.82 Å². The molecule has 0 amide bonds. The molecule has 1 fully saturated rings. The van der Waals surface area contributed by atoms with E-state index in [0.717, 1.165) is 55.2 Å². The number of aromatic nitrogens is 2. The molecule has 31 heavy (non-hydrogen) atoms. The highest BCUT2D eigenvalue weighted by molar-refractivity contribution is 5.64. The van der Waals surface area contributed by atoms with Gasteiger partial charge in [-0.2, -0.15) is 0 Å². The van der Waals surface area contributed by atoms with Crippen LogP contribution >= 0.6 is 0 Å². The van der Waals surface area contributed by atoms with Gasteiger partial charge in [0.05, 0.1) is 0 Å². The van der Waals surface area contributed by atoms with Crippen molar-refractivity contribution in [2.24, 2.45) is 0 Å². The summed E-state index contributed by atoms with van der Waals surface area (Å²) in [5, 5.41) is 6.78. The molecular formula is C24H25N5O2. The summed E-state index contributed by atoms with van der Waals surface area (Å²) >= 11 is 0. The predicted molar refractivity (Wildman–Crippen MR) is 122 cm³/mol. The number of carbonyl (C=O) groups excluding carboxylic acids is 1. The molecular weight excluding hydrogens is 390 g/mol. The van der Waals surface area contributed by atoms with Crippen molar-refractivity contribution in [3.8, 4) is 11.5 Å². The minimum absolute atomic E-state index is 0.266. The van der Waals surface area contributed by atoms with Gasteiger partial charge in [-0.25, -0.2) is 9.97 Å². The molecule has 0 radical (unpaired) electrons. The van der Waals surface area contributed by atoms with Gasteiger partial charge in [-0.15, -0.1) is 0 Å². The Hall–Kier alpha value is -3.87. The lowest BCUT2D eigenvalue weighted by molar-refractivity contribution is -0.104. The number of benzene rings is 2. The van der Waals surface area contributed by atoms with Crippen molar-refractivity contribution in [2.75, 3.05) is 23.7 Å². The van der Waals surface area contributed by atoms with Gasteiger partial charge in [-0.1, -0.05) is 18.2 Å². The Morgan fingerprint density at radius 1 is 1.00 bits per heavy atom. The van der Waals surface area contributed by atoms with Crippen LogP contribution in [0.5, 0.6) is 11.5 Å². The Balaban J connectivity index is 1.35. The molecule has 0 spiro atoms.